The first kappa shape index (κ1) is 33.4. The Labute approximate surface area is 250 Å². The van der Waals surface area contributed by atoms with E-state index in [1.165, 1.54) is 19.4 Å². The van der Waals surface area contributed by atoms with E-state index in [4.69, 9.17) is 0 Å². The third-order valence-electron chi connectivity index (χ3n) is 8.07. The fraction of sp³-hybridized carbons (Fsp3) is 0.412. The highest BCUT2D eigenvalue weighted by Gasteiger charge is 2.50. The predicted octanol–water partition coefficient (Wildman–Crippen LogP) is 4.55. The van der Waals surface area contributed by atoms with E-state index in [-0.39, 0.29) is 58.7 Å². The van der Waals surface area contributed by atoms with Crippen LogP contribution in [0.1, 0.15) is 70.1 Å². The summed E-state index contributed by atoms with van der Waals surface area (Å²) in [6.07, 6.45) is 1.49. The number of phenols is 1. The molecule has 0 amide bonds. The molecule has 1 fully saturated rings. The van der Waals surface area contributed by atoms with Gasteiger partial charge in [-0.15, -0.1) is 0 Å². The molecule has 9 nitrogen and oxygen atoms in total. The van der Waals surface area contributed by atoms with Crippen LogP contribution in [0.3, 0.4) is 0 Å². The Morgan fingerprint density at radius 3 is 2.19 bits per heavy atom. The Balaban J connectivity index is 0.00000121. The van der Waals surface area contributed by atoms with Crippen LogP contribution in [0.5, 0.6) is 5.75 Å². The number of phenolic OH excluding ortho intramolecular Hbond substituents is 1. The smallest absolute Gasteiger partial charge is 0.173 e. The molecule has 0 bridgehead atoms. The minimum absolute atomic E-state index is 0. The fourth-order valence-electron chi connectivity index (χ4n) is 6.46. The van der Waals surface area contributed by atoms with Crippen molar-refractivity contribution in [1.29, 1.82) is 0 Å². The average Bonchev–Trinajstić information content (AvgIpc) is 2.88. The Morgan fingerprint density at radius 2 is 1.60 bits per heavy atom. The van der Waals surface area contributed by atoms with Gasteiger partial charge in [0.25, 0.3) is 0 Å². The number of rotatable bonds is 6. The van der Waals surface area contributed by atoms with Gasteiger partial charge in [0.2, 0.25) is 0 Å². The van der Waals surface area contributed by atoms with Crippen molar-refractivity contribution >= 4 is 28.9 Å². The fourth-order valence-corrected chi connectivity index (χ4v) is 6.46. The van der Waals surface area contributed by atoms with Crippen LogP contribution < -0.4 is 0 Å². The van der Waals surface area contributed by atoms with Gasteiger partial charge in [-0.1, -0.05) is 50.6 Å². The maximum atomic E-state index is 13.6. The van der Waals surface area contributed by atoms with Gasteiger partial charge in [0.05, 0.1) is 23.2 Å². The van der Waals surface area contributed by atoms with Crippen molar-refractivity contribution in [3.05, 3.63) is 70.0 Å². The van der Waals surface area contributed by atoms with Gasteiger partial charge in [-0.05, 0) is 66.8 Å². The third kappa shape index (κ3) is 6.48. The van der Waals surface area contributed by atoms with Crippen LogP contribution in [0.25, 0.3) is 16.9 Å². The van der Waals surface area contributed by atoms with Crippen LogP contribution in [-0.2, 0) is 32.0 Å². The highest BCUT2D eigenvalue weighted by Crippen LogP contribution is 2.51. The number of hydrogen-bond acceptors (Lipinski definition) is 8. The summed E-state index contributed by atoms with van der Waals surface area (Å²) in [6.45, 7) is 6.99. The van der Waals surface area contributed by atoms with Crippen molar-refractivity contribution in [2.45, 2.75) is 72.3 Å². The standard InChI is InChI=1S/C31H30O8.C3H8.H2O/c1-14(32)9-20(34)10-16-3-5-17(6-4-16)21-7-8-23(35)28-22(21)12-18-11-19-13-24(36)25(15(2)33)29(37)27(19)30(38)26(18)31(28)39;1-3-2;/h3-8,14,18-19,27,32,35,37,39H,9-13H2,1-2H3;3H2,1-2H3;1H2/t14?,18-,19+,27?;;/m1../s1. The summed E-state index contributed by atoms with van der Waals surface area (Å²) in [6, 6.07) is 10.5. The first-order valence-corrected chi connectivity index (χ1v) is 14.5. The maximum absolute atomic E-state index is 13.6. The quantitative estimate of drug-likeness (QED) is 0.352. The molecule has 2 aromatic rings. The van der Waals surface area contributed by atoms with Crippen LogP contribution in [0.2, 0.25) is 0 Å². The highest BCUT2D eigenvalue weighted by molar-refractivity contribution is 6.22. The molecule has 2 aromatic carbocycles. The molecule has 0 saturated heterocycles. The topological polar surface area (TPSA) is 181 Å². The highest BCUT2D eigenvalue weighted by atomic mass is 16.3. The lowest BCUT2D eigenvalue weighted by atomic mass is 9.61. The third-order valence-corrected chi connectivity index (χ3v) is 8.07. The maximum Gasteiger partial charge on any atom is 0.173 e. The van der Waals surface area contributed by atoms with Crippen LogP contribution in [0.15, 0.2) is 53.3 Å². The number of allylic oxidation sites excluding steroid dienone is 3. The molecule has 9 heteroatoms. The number of Topliss-reactive ketones (excluding diaryl/α,β-unsaturated/α-hetero) is 4. The second-order valence-corrected chi connectivity index (χ2v) is 11.6. The lowest BCUT2D eigenvalue weighted by molar-refractivity contribution is -0.127. The number of carbonyl (C=O) groups is 4. The zero-order valence-corrected chi connectivity index (χ0v) is 24.9. The number of carbonyl (C=O) groups excluding carboxylic acids is 4. The lowest BCUT2D eigenvalue weighted by Crippen LogP contribution is -2.43. The average molecular weight is 593 g/mol. The van der Waals surface area contributed by atoms with Crippen molar-refractivity contribution in [2.24, 2.45) is 17.8 Å². The minimum atomic E-state index is -1.08. The van der Waals surface area contributed by atoms with E-state index in [0.29, 0.717) is 18.4 Å². The van der Waals surface area contributed by atoms with Gasteiger partial charge in [-0.3, -0.25) is 19.2 Å². The van der Waals surface area contributed by atoms with E-state index in [2.05, 4.69) is 13.8 Å². The van der Waals surface area contributed by atoms with Crippen molar-refractivity contribution in [3.8, 4) is 16.9 Å². The van der Waals surface area contributed by atoms with Gasteiger partial charge >= 0.3 is 0 Å². The summed E-state index contributed by atoms with van der Waals surface area (Å²) in [4.78, 5) is 50.2. The molecule has 4 atom stereocenters. The zero-order valence-electron chi connectivity index (χ0n) is 24.9. The molecule has 43 heavy (non-hydrogen) atoms. The van der Waals surface area contributed by atoms with Crippen LogP contribution in [0, 0.1) is 17.8 Å². The number of aliphatic hydroxyl groups excluding tert-OH is 3. The largest absolute Gasteiger partial charge is 0.511 e. The summed E-state index contributed by atoms with van der Waals surface area (Å²) in [5.41, 5.74) is 2.93. The number of aliphatic hydroxyl groups is 3. The van der Waals surface area contributed by atoms with Gasteiger partial charge < -0.3 is 25.9 Å². The summed E-state index contributed by atoms with van der Waals surface area (Å²) < 4.78 is 0. The second-order valence-electron chi connectivity index (χ2n) is 11.6. The Hall–Kier alpha value is -4.08. The number of ketones is 4. The molecule has 2 unspecified atom stereocenters. The first-order valence-electron chi connectivity index (χ1n) is 14.5. The monoisotopic (exact) mass is 592 g/mol. The van der Waals surface area contributed by atoms with E-state index in [1.807, 2.05) is 24.3 Å². The Kier molecular flexibility index (Phi) is 10.5. The molecule has 0 heterocycles. The molecule has 5 rings (SSSR count). The molecule has 0 aliphatic heterocycles. The van der Waals surface area contributed by atoms with Gasteiger partial charge in [-0.25, -0.2) is 0 Å². The van der Waals surface area contributed by atoms with E-state index in [1.54, 1.807) is 13.0 Å². The number of aromatic hydroxyl groups is 1. The molecule has 6 N–H and O–H groups in total. The molecule has 3 aliphatic rings. The van der Waals surface area contributed by atoms with E-state index < -0.39 is 47.0 Å². The number of hydrogen-bond donors (Lipinski definition) is 4. The van der Waals surface area contributed by atoms with Gasteiger partial charge in [0, 0.05) is 24.8 Å². The molecule has 3 aliphatic carbocycles. The van der Waals surface area contributed by atoms with Crippen molar-refractivity contribution in [1.82, 2.24) is 0 Å². The summed E-state index contributed by atoms with van der Waals surface area (Å²) in [5, 5.41) is 42.2. The second kappa shape index (κ2) is 13.5. The van der Waals surface area contributed by atoms with Crippen molar-refractivity contribution in [2.75, 3.05) is 0 Å². The Bertz CT molecular complexity index is 1490. The van der Waals surface area contributed by atoms with E-state index in [9.17, 15) is 39.6 Å². The molecule has 230 valence electrons. The molecule has 0 radical (unpaired) electrons. The van der Waals surface area contributed by atoms with Crippen LogP contribution >= 0.6 is 0 Å². The van der Waals surface area contributed by atoms with Crippen LogP contribution in [0.4, 0.5) is 0 Å². The van der Waals surface area contributed by atoms with Crippen molar-refractivity contribution in [3.63, 3.8) is 0 Å². The SMILES string of the molecule is CC(=O)C1=C(O)C2C(=O)C3=C(O)c4c(O)ccc(-c5ccc(CC(=O)CC(C)O)cc5)c4C[C@H]3C[C@H]2CC1=O.CCC.O. The summed E-state index contributed by atoms with van der Waals surface area (Å²) >= 11 is 0. The number of benzene rings is 2. The molecular formula is C34H40O9. The lowest BCUT2D eigenvalue weighted by Gasteiger charge is -2.41. The van der Waals surface area contributed by atoms with E-state index in [0.717, 1.165) is 16.7 Å². The normalized spacial score (nSPS) is 21.5. The summed E-state index contributed by atoms with van der Waals surface area (Å²) in [5.74, 6) is -4.73. The van der Waals surface area contributed by atoms with E-state index >= 15 is 0 Å². The molecule has 1 saturated carbocycles. The minimum Gasteiger partial charge on any atom is -0.511 e. The van der Waals surface area contributed by atoms with Crippen LogP contribution in [-0.4, -0.2) is 55.1 Å². The van der Waals surface area contributed by atoms with Gasteiger partial charge in [0.1, 0.15) is 23.1 Å². The number of fused-ring (bicyclic) bond motifs is 3. The molecular weight excluding hydrogens is 552 g/mol. The zero-order chi connectivity index (χ0) is 30.9. The van der Waals surface area contributed by atoms with Crippen molar-refractivity contribution < 1.29 is 45.1 Å². The summed E-state index contributed by atoms with van der Waals surface area (Å²) in [7, 11) is 0. The van der Waals surface area contributed by atoms with Gasteiger partial charge in [0.15, 0.2) is 17.3 Å². The first-order chi connectivity index (χ1) is 19.9. The molecule has 0 spiro atoms. The molecule has 0 aromatic heterocycles. The van der Waals surface area contributed by atoms with Gasteiger partial charge in [-0.2, -0.15) is 0 Å². The Morgan fingerprint density at radius 1 is 0.977 bits per heavy atom. The predicted molar refractivity (Wildman–Crippen MR) is 161 cm³/mol.